The number of ether oxygens (including phenoxy) is 1. The van der Waals surface area contributed by atoms with Gasteiger partial charge in [-0.2, -0.15) is 19.0 Å². The van der Waals surface area contributed by atoms with Crippen LogP contribution in [0.1, 0.15) is 22.8 Å². The number of alkyl halides is 2. The van der Waals surface area contributed by atoms with Crippen LogP contribution >= 0.6 is 11.8 Å². The van der Waals surface area contributed by atoms with Gasteiger partial charge in [-0.05, 0) is 36.9 Å². The summed E-state index contributed by atoms with van der Waals surface area (Å²) in [6, 6.07) is 5.84. The number of fused-ring (bicyclic) bond motifs is 1. The average molecular weight is 514 g/mol. The molecule has 0 aliphatic carbocycles. The lowest BCUT2D eigenvalue weighted by atomic mass is 10.1. The number of halogens is 2. The largest absolute Gasteiger partial charge is 0.434 e. The van der Waals surface area contributed by atoms with E-state index in [9.17, 15) is 18.4 Å². The lowest BCUT2D eigenvalue weighted by Gasteiger charge is -2.12. The van der Waals surface area contributed by atoms with Crippen LogP contribution in [0.25, 0.3) is 16.9 Å². The van der Waals surface area contributed by atoms with Gasteiger partial charge in [-0.25, -0.2) is 9.50 Å². The molecule has 36 heavy (non-hydrogen) atoms. The minimum Gasteiger partial charge on any atom is -0.434 e. The van der Waals surface area contributed by atoms with Gasteiger partial charge < -0.3 is 15.0 Å². The molecule has 1 aliphatic rings. The Labute approximate surface area is 208 Å². The minimum atomic E-state index is -3.06. The lowest BCUT2D eigenvalue weighted by Crippen LogP contribution is -2.24. The smallest absolute Gasteiger partial charge is 0.387 e. The summed E-state index contributed by atoms with van der Waals surface area (Å²) in [7, 11) is 1.70. The van der Waals surface area contributed by atoms with Crippen molar-refractivity contribution < 1.29 is 23.1 Å². The number of nitrogens with one attached hydrogen (secondary N) is 1. The number of thioether (sulfide) groups is 1. The van der Waals surface area contributed by atoms with Gasteiger partial charge in [0, 0.05) is 36.4 Å². The third-order valence-electron chi connectivity index (χ3n) is 5.88. The van der Waals surface area contributed by atoms with Crippen molar-refractivity contribution in [2.24, 2.45) is 0 Å². The van der Waals surface area contributed by atoms with Crippen molar-refractivity contribution in [3.05, 3.63) is 54.6 Å². The predicted octanol–water partition coefficient (Wildman–Crippen LogP) is 3.57. The number of anilines is 1. The Hall–Kier alpha value is -4.00. The van der Waals surface area contributed by atoms with Crippen molar-refractivity contribution in [2.75, 3.05) is 25.2 Å². The van der Waals surface area contributed by atoms with E-state index in [0.717, 1.165) is 4.90 Å². The molecule has 5 rings (SSSR count). The number of nitrogens with zero attached hydrogens (tertiary/aromatic N) is 6. The van der Waals surface area contributed by atoms with Crippen LogP contribution in [0.4, 0.5) is 14.5 Å². The monoisotopic (exact) mass is 513 g/mol. The van der Waals surface area contributed by atoms with Crippen LogP contribution in [0.5, 0.6) is 5.75 Å². The highest BCUT2D eigenvalue weighted by atomic mass is 32.2. The molecule has 1 aromatic carbocycles. The molecular formula is C23H21F2N7O3S. The van der Waals surface area contributed by atoms with Crippen LogP contribution in [-0.2, 0) is 4.79 Å². The fourth-order valence-electron chi connectivity index (χ4n) is 4.09. The quantitative estimate of drug-likeness (QED) is 0.377. The highest BCUT2D eigenvalue weighted by molar-refractivity contribution is 7.98. The van der Waals surface area contributed by atoms with E-state index in [-0.39, 0.29) is 34.2 Å². The van der Waals surface area contributed by atoms with Crippen molar-refractivity contribution in [1.82, 2.24) is 29.3 Å². The summed E-state index contributed by atoms with van der Waals surface area (Å²) in [5, 5.41) is 11.5. The molecule has 186 valence electrons. The van der Waals surface area contributed by atoms with E-state index in [1.54, 1.807) is 42.5 Å². The zero-order valence-electron chi connectivity index (χ0n) is 19.3. The van der Waals surface area contributed by atoms with Crippen LogP contribution in [0.3, 0.4) is 0 Å². The second-order valence-electron chi connectivity index (χ2n) is 8.08. The molecule has 0 saturated carbocycles. The van der Waals surface area contributed by atoms with Crippen molar-refractivity contribution >= 4 is 34.9 Å². The van der Waals surface area contributed by atoms with Crippen molar-refractivity contribution in [2.45, 2.75) is 24.0 Å². The number of hydrogen-bond acceptors (Lipinski definition) is 7. The molecule has 1 aliphatic heterocycles. The normalized spacial score (nSPS) is 15.8. The molecule has 1 N–H and O–H groups in total. The van der Waals surface area contributed by atoms with Crippen LogP contribution in [0.2, 0.25) is 0 Å². The van der Waals surface area contributed by atoms with E-state index in [1.165, 1.54) is 39.4 Å². The Kier molecular flexibility index (Phi) is 6.31. The first-order valence-corrected chi connectivity index (χ1v) is 12.1. The third-order valence-corrected chi connectivity index (χ3v) is 6.61. The van der Waals surface area contributed by atoms with Gasteiger partial charge in [0.05, 0.1) is 18.1 Å². The van der Waals surface area contributed by atoms with Gasteiger partial charge in [0.1, 0.15) is 23.0 Å². The maximum Gasteiger partial charge on any atom is 0.387 e. The second-order valence-corrected chi connectivity index (χ2v) is 8.96. The van der Waals surface area contributed by atoms with Gasteiger partial charge in [-0.15, -0.1) is 11.8 Å². The molecule has 1 fully saturated rings. The number of aromatic nitrogens is 5. The summed E-state index contributed by atoms with van der Waals surface area (Å²) in [4.78, 5) is 32.5. The fraction of sp³-hybridized carbons (Fsp3) is 0.261. The Morgan fingerprint density at radius 1 is 1.33 bits per heavy atom. The maximum atomic E-state index is 13.2. The number of rotatable bonds is 7. The van der Waals surface area contributed by atoms with Crippen LogP contribution in [-0.4, -0.2) is 67.6 Å². The number of likely N-dealkylation sites (N-methyl/N-ethyl adjacent to an activating group) is 1. The number of hydrogen-bond donors (Lipinski definition) is 1. The van der Waals surface area contributed by atoms with Crippen molar-refractivity contribution in [3.63, 3.8) is 0 Å². The molecular weight excluding hydrogens is 492 g/mol. The molecule has 0 bridgehead atoms. The first-order chi connectivity index (χ1) is 17.4. The number of carbonyl (C=O) groups is 2. The van der Waals surface area contributed by atoms with Gasteiger partial charge in [0.15, 0.2) is 5.65 Å². The Bertz CT molecular complexity index is 1450. The molecule has 0 spiro atoms. The third kappa shape index (κ3) is 4.37. The highest BCUT2D eigenvalue weighted by Crippen LogP contribution is 2.39. The Morgan fingerprint density at radius 3 is 2.89 bits per heavy atom. The first-order valence-electron chi connectivity index (χ1n) is 10.9. The zero-order chi connectivity index (χ0) is 25.4. The topological polar surface area (TPSA) is 107 Å². The standard InChI is InChI=1S/C23H21F2N7O3S/c1-30-9-6-17(22(30)34)32-12-16(28-21(33)15-11-27-31-8-3-7-26-20(15)31)19(29-32)14-10-13(36-2)4-5-18(14)35-23(24)25/h3-5,7-8,10-12,17,23H,6,9H2,1-2H3,(H,28,33)/t17-/m1/s1. The number of carbonyl (C=O) groups excluding carboxylic acids is 2. The Balaban J connectivity index is 1.60. The molecule has 1 saturated heterocycles. The van der Waals surface area contributed by atoms with E-state index < -0.39 is 18.6 Å². The SMILES string of the molecule is CSc1ccc(OC(F)F)c(-c2nn([C@@H]3CCN(C)C3=O)cc2NC(=O)c2cnn3cccnc23)c1. The van der Waals surface area contributed by atoms with Gasteiger partial charge in [-0.3, -0.25) is 14.3 Å². The summed E-state index contributed by atoms with van der Waals surface area (Å²) >= 11 is 1.41. The molecule has 0 unspecified atom stereocenters. The highest BCUT2D eigenvalue weighted by Gasteiger charge is 2.33. The number of benzene rings is 1. The molecule has 1 atom stereocenters. The molecule has 10 nitrogen and oxygen atoms in total. The molecule has 4 heterocycles. The summed E-state index contributed by atoms with van der Waals surface area (Å²) in [5.74, 6) is -0.747. The van der Waals surface area contributed by atoms with Crippen molar-refractivity contribution in [1.29, 1.82) is 0 Å². The summed E-state index contributed by atoms with van der Waals surface area (Å²) in [6.07, 6.45) is 8.49. The molecule has 3 aromatic heterocycles. The van der Waals surface area contributed by atoms with Crippen LogP contribution < -0.4 is 10.1 Å². The summed E-state index contributed by atoms with van der Waals surface area (Å²) in [6.45, 7) is -2.50. The molecule has 13 heteroatoms. The molecule has 2 amide bonds. The van der Waals surface area contributed by atoms with Crippen molar-refractivity contribution in [3.8, 4) is 17.0 Å². The van der Waals surface area contributed by atoms with Gasteiger partial charge in [0.25, 0.3) is 5.91 Å². The van der Waals surface area contributed by atoms with Crippen LogP contribution in [0, 0.1) is 0 Å². The first kappa shape index (κ1) is 23.7. The van der Waals surface area contributed by atoms with E-state index in [0.29, 0.717) is 18.6 Å². The molecule has 0 radical (unpaired) electrons. The molecule has 4 aromatic rings. The van der Waals surface area contributed by atoms with Gasteiger partial charge in [0.2, 0.25) is 5.91 Å². The average Bonchev–Trinajstić information content (AvgIpc) is 3.56. The summed E-state index contributed by atoms with van der Waals surface area (Å²) < 4.78 is 34.1. The van der Waals surface area contributed by atoms with E-state index in [4.69, 9.17) is 4.74 Å². The maximum absolute atomic E-state index is 13.2. The predicted molar refractivity (Wildman–Crippen MR) is 128 cm³/mol. The van der Waals surface area contributed by atoms with E-state index >= 15 is 0 Å². The fourth-order valence-corrected chi connectivity index (χ4v) is 4.53. The Morgan fingerprint density at radius 2 is 2.17 bits per heavy atom. The van der Waals surface area contributed by atoms with E-state index in [1.807, 2.05) is 6.26 Å². The number of likely N-dealkylation sites (tertiary alicyclic amines) is 1. The van der Waals surface area contributed by atoms with Gasteiger partial charge >= 0.3 is 6.61 Å². The van der Waals surface area contributed by atoms with Crippen LogP contribution in [0.15, 0.2) is 53.9 Å². The second kappa shape index (κ2) is 9.57. The lowest BCUT2D eigenvalue weighted by molar-refractivity contribution is -0.129. The zero-order valence-corrected chi connectivity index (χ0v) is 20.1. The van der Waals surface area contributed by atoms with Gasteiger partial charge in [-0.1, -0.05) is 0 Å². The number of amides is 2. The summed E-state index contributed by atoms with van der Waals surface area (Å²) in [5.41, 5.74) is 1.25. The van der Waals surface area contributed by atoms with E-state index in [2.05, 4.69) is 20.5 Å². The minimum absolute atomic E-state index is 0.101.